The van der Waals surface area contributed by atoms with Crippen LogP contribution >= 0.6 is 0 Å². The average molecular weight is 282 g/mol. The number of rotatable bonds is 6. The van der Waals surface area contributed by atoms with Gasteiger partial charge < -0.3 is 10.1 Å². The number of nitrogens with one attached hydrogen (secondary N) is 1. The first-order valence-electron chi connectivity index (χ1n) is 8.51. The maximum Gasteiger partial charge on any atom is 0.0593 e. The summed E-state index contributed by atoms with van der Waals surface area (Å²) in [6.07, 6.45) is 6.68. The van der Waals surface area contributed by atoms with E-state index in [0.29, 0.717) is 5.54 Å². The van der Waals surface area contributed by atoms with E-state index in [0.717, 1.165) is 32.2 Å². The molecule has 0 bridgehead atoms. The van der Waals surface area contributed by atoms with Gasteiger partial charge in [-0.05, 0) is 39.0 Å². The van der Waals surface area contributed by atoms with E-state index in [1.54, 1.807) is 0 Å². The van der Waals surface area contributed by atoms with Gasteiger partial charge in [-0.15, -0.1) is 0 Å². The zero-order valence-corrected chi connectivity index (χ0v) is 14.0. The van der Waals surface area contributed by atoms with Crippen molar-refractivity contribution in [1.29, 1.82) is 0 Å². The van der Waals surface area contributed by atoms with Crippen LogP contribution in [-0.4, -0.2) is 48.8 Å². The summed E-state index contributed by atoms with van der Waals surface area (Å²) >= 11 is 0. The van der Waals surface area contributed by atoms with E-state index in [1.807, 2.05) is 0 Å². The summed E-state index contributed by atoms with van der Waals surface area (Å²) in [5.41, 5.74) is 0.669. The highest BCUT2D eigenvalue weighted by atomic mass is 16.5. The number of nitrogens with zero attached hydrogens (tertiary/aromatic N) is 1. The van der Waals surface area contributed by atoms with Gasteiger partial charge in [-0.1, -0.05) is 26.7 Å². The van der Waals surface area contributed by atoms with Crippen LogP contribution in [0.2, 0.25) is 0 Å². The van der Waals surface area contributed by atoms with Crippen molar-refractivity contribution in [3.05, 3.63) is 0 Å². The van der Waals surface area contributed by atoms with Gasteiger partial charge in [-0.3, -0.25) is 4.90 Å². The Hall–Kier alpha value is -0.120. The Morgan fingerprint density at radius 3 is 2.50 bits per heavy atom. The molecule has 118 valence electrons. The molecule has 20 heavy (non-hydrogen) atoms. The monoisotopic (exact) mass is 282 g/mol. The Labute approximate surface area is 125 Å². The second-order valence-corrected chi connectivity index (χ2v) is 7.87. The van der Waals surface area contributed by atoms with Crippen LogP contribution in [0.25, 0.3) is 0 Å². The summed E-state index contributed by atoms with van der Waals surface area (Å²) in [4.78, 5) is 2.66. The molecule has 1 saturated heterocycles. The van der Waals surface area contributed by atoms with Gasteiger partial charge in [0.15, 0.2) is 0 Å². The molecule has 3 nitrogen and oxygen atoms in total. The van der Waals surface area contributed by atoms with E-state index in [9.17, 15) is 0 Å². The molecule has 1 saturated carbocycles. The first kappa shape index (κ1) is 16.3. The molecule has 2 rings (SSSR count). The molecule has 0 aromatic rings. The lowest BCUT2D eigenvalue weighted by molar-refractivity contribution is 0.00205. The molecule has 1 heterocycles. The molecule has 3 heteroatoms. The largest absolute Gasteiger partial charge is 0.380 e. The van der Waals surface area contributed by atoms with Crippen molar-refractivity contribution in [2.75, 3.05) is 32.8 Å². The zero-order chi connectivity index (χ0) is 14.6. The molecular formula is C17H34N2O. The number of piperazine rings is 1. The van der Waals surface area contributed by atoms with E-state index in [4.69, 9.17) is 4.74 Å². The summed E-state index contributed by atoms with van der Waals surface area (Å²) in [5.74, 6) is 0.743. The molecule has 1 spiro atoms. The Balaban J connectivity index is 1.77. The fourth-order valence-corrected chi connectivity index (χ4v) is 3.52. The average Bonchev–Trinajstić information content (AvgIpc) is 2.82. The summed E-state index contributed by atoms with van der Waals surface area (Å²) in [7, 11) is 0. The fourth-order valence-electron chi connectivity index (χ4n) is 3.52. The number of ether oxygens (including phenoxy) is 1. The van der Waals surface area contributed by atoms with Crippen molar-refractivity contribution in [2.24, 2.45) is 5.92 Å². The van der Waals surface area contributed by atoms with Gasteiger partial charge in [-0.2, -0.15) is 0 Å². The lowest BCUT2D eigenvalue weighted by Gasteiger charge is -2.51. The maximum atomic E-state index is 5.83. The van der Waals surface area contributed by atoms with Crippen molar-refractivity contribution in [1.82, 2.24) is 10.2 Å². The van der Waals surface area contributed by atoms with Crippen molar-refractivity contribution < 1.29 is 4.74 Å². The van der Waals surface area contributed by atoms with Gasteiger partial charge in [0.1, 0.15) is 0 Å². The first-order chi connectivity index (χ1) is 9.44. The summed E-state index contributed by atoms with van der Waals surface area (Å²) < 4.78 is 5.83. The van der Waals surface area contributed by atoms with Crippen LogP contribution in [0.3, 0.4) is 0 Å². The van der Waals surface area contributed by atoms with Crippen molar-refractivity contribution in [3.8, 4) is 0 Å². The van der Waals surface area contributed by atoms with Crippen LogP contribution < -0.4 is 5.32 Å². The minimum absolute atomic E-state index is 0.259. The quantitative estimate of drug-likeness (QED) is 0.758. The zero-order valence-electron chi connectivity index (χ0n) is 14.0. The first-order valence-corrected chi connectivity index (χ1v) is 8.51. The lowest BCUT2D eigenvalue weighted by atomic mass is 9.87. The highest BCUT2D eigenvalue weighted by Crippen LogP contribution is 2.35. The third kappa shape index (κ3) is 4.19. The molecule has 2 aliphatic rings. The Kier molecular flexibility index (Phi) is 5.49. The van der Waals surface area contributed by atoms with Crippen LogP contribution in [0.1, 0.15) is 59.8 Å². The van der Waals surface area contributed by atoms with Crippen LogP contribution in [0.5, 0.6) is 0 Å². The highest BCUT2D eigenvalue weighted by molar-refractivity contribution is 5.04. The number of hydrogen-bond acceptors (Lipinski definition) is 3. The van der Waals surface area contributed by atoms with Crippen LogP contribution in [0.15, 0.2) is 0 Å². The normalized spacial score (nSPS) is 25.6. The molecule has 1 aliphatic heterocycles. The maximum absolute atomic E-state index is 5.83. The summed E-state index contributed by atoms with van der Waals surface area (Å²) in [6, 6.07) is 0. The molecule has 2 fully saturated rings. The third-order valence-electron chi connectivity index (χ3n) is 5.15. The second kappa shape index (κ2) is 6.76. The van der Waals surface area contributed by atoms with Gasteiger partial charge in [0.25, 0.3) is 0 Å². The molecule has 0 unspecified atom stereocenters. The molecule has 1 N–H and O–H groups in total. The Morgan fingerprint density at radius 1 is 1.15 bits per heavy atom. The van der Waals surface area contributed by atoms with Crippen LogP contribution in [-0.2, 0) is 4.74 Å². The Morgan fingerprint density at radius 2 is 1.85 bits per heavy atom. The Bertz CT molecular complexity index is 295. The van der Waals surface area contributed by atoms with Gasteiger partial charge in [0.05, 0.1) is 6.61 Å². The van der Waals surface area contributed by atoms with Crippen LogP contribution in [0.4, 0.5) is 0 Å². The standard InChI is InChI=1S/C17H34N2O/c1-15(2)7-11-20-12-10-19-14-17(8-5-6-9-17)18-13-16(19,3)4/h15,18H,5-14H2,1-4H3. The van der Waals surface area contributed by atoms with Crippen molar-refractivity contribution >= 4 is 0 Å². The fraction of sp³-hybridized carbons (Fsp3) is 1.00. The second-order valence-electron chi connectivity index (χ2n) is 7.87. The molecule has 0 aromatic heterocycles. The molecule has 0 atom stereocenters. The van der Waals surface area contributed by atoms with E-state index >= 15 is 0 Å². The van der Waals surface area contributed by atoms with Crippen molar-refractivity contribution in [3.63, 3.8) is 0 Å². The predicted molar refractivity (Wildman–Crippen MR) is 85.1 cm³/mol. The summed E-state index contributed by atoms with van der Waals surface area (Å²) in [6.45, 7) is 14.4. The van der Waals surface area contributed by atoms with E-state index in [2.05, 4.69) is 37.9 Å². The van der Waals surface area contributed by atoms with Gasteiger partial charge in [0.2, 0.25) is 0 Å². The lowest BCUT2D eigenvalue weighted by Crippen LogP contribution is -2.67. The van der Waals surface area contributed by atoms with Gasteiger partial charge in [-0.25, -0.2) is 0 Å². The van der Waals surface area contributed by atoms with Gasteiger partial charge in [0, 0.05) is 37.3 Å². The highest BCUT2D eigenvalue weighted by Gasteiger charge is 2.43. The van der Waals surface area contributed by atoms with Crippen LogP contribution in [0, 0.1) is 5.92 Å². The summed E-state index contributed by atoms with van der Waals surface area (Å²) in [5, 5.41) is 3.85. The van der Waals surface area contributed by atoms with Crippen molar-refractivity contribution in [2.45, 2.75) is 70.9 Å². The molecule has 0 amide bonds. The molecule has 0 radical (unpaired) electrons. The molecular weight excluding hydrogens is 248 g/mol. The van der Waals surface area contributed by atoms with E-state index in [1.165, 1.54) is 38.6 Å². The number of hydrogen-bond donors (Lipinski definition) is 1. The molecule has 0 aromatic carbocycles. The van der Waals surface area contributed by atoms with Gasteiger partial charge >= 0.3 is 0 Å². The minimum atomic E-state index is 0.259. The smallest absolute Gasteiger partial charge is 0.0593 e. The predicted octanol–water partition coefficient (Wildman–Crippen LogP) is 3.05. The molecule has 1 aliphatic carbocycles. The topological polar surface area (TPSA) is 24.5 Å². The van der Waals surface area contributed by atoms with E-state index in [-0.39, 0.29) is 5.54 Å². The SMILES string of the molecule is CC(C)CCOCCN1CC2(CCCC2)NCC1(C)C. The van der Waals surface area contributed by atoms with E-state index < -0.39 is 0 Å². The third-order valence-corrected chi connectivity index (χ3v) is 5.15. The minimum Gasteiger partial charge on any atom is -0.380 e.